The van der Waals surface area contributed by atoms with Crippen LogP contribution in [-0.2, 0) is 13.6 Å². The van der Waals surface area contributed by atoms with Crippen LogP contribution in [0.1, 0.15) is 11.4 Å². The van der Waals surface area contributed by atoms with Crippen molar-refractivity contribution in [2.45, 2.75) is 13.5 Å². The van der Waals surface area contributed by atoms with E-state index in [9.17, 15) is 0 Å². The van der Waals surface area contributed by atoms with E-state index in [-0.39, 0.29) is 0 Å². The highest BCUT2D eigenvalue weighted by Gasteiger charge is 2.06. The van der Waals surface area contributed by atoms with Gasteiger partial charge < -0.3 is 15.6 Å². The molecule has 0 unspecified atom stereocenters. The molecule has 0 radical (unpaired) electrons. The Hall–Kier alpha value is -1.56. The molecule has 2 aromatic rings. The fourth-order valence-electron chi connectivity index (χ4n) is 1.24. The first-order chi connectivity index (χ1) is 7.18. The van der Waals surface area contributed by atoms with E-state index in [2.05, 4.69) is 14.7 Å². The van der Waals surface area contributed by atoms with E-state index in [1.807, 2.05) is 24.7 Å². The highest BCUT2D eigenvalue weighted by Crippen LogP contribution is 2.25. The molecule has 15 heavy (non-hydrogen) atoms. The van der Waals surface area contributed by atoms with Gasteiger partial charge >= 0.3 is 0 Å². The van der Waals surface area contributed by atoms with Gasteiger partial charge in [0.1, 0.15) is 16.6 Å². The number of rotatable bonds is 3. The lowest BCUT2D eigenvalue weighted by Crippen LogP contribution is -2.05. The Bertz CT molecular complexity index is 459. The lowest BCUT2D eigenvalue weighted by atomic mass is 10.3. The maximum atomic E-state index is 5.66. The summed E-state index contributed by atoms with van der Waals surface area (Å²) in [7, 11) is 1.97. The summed E-state index contributed by atoms with van der Waals surface area (Å²) in [5.74, 6) is 1.59. The van der Waals surface area contributed by atoms with E-state index in [0.29, 0.717) is 12.4 Å². The molecular weight excluding hydrogens is 210 g/mol. The summed E-state index contributed by atoms with van der Waals surface area (Å²) in [6, 6.07) is 0. The molecule has 6 heteroatoms. The first-order valence-electron chi connectivity index (χ1n) is 4.60. The maximum Gasteiger partial charge on any atom is 0.142 e. The molecule has 0 saturated carbocycles. The minimum absolute atomic E-state index is 0.599. The Kier molecular flexibility index (Phi) is 2.59. The fourth-order valence-corrected chi connectivity index (χ4v) is 1.94. The molecule has 0 saturated heterocycles. The molecular formula is C9H13N5S. The van der Waals surface area contributed by atoms with E-state index in [4.69, 9.17) is 5.73 Å². The number of nitrogens with one attached hydrogen (secondary N) is 1. The number of hydrogen-bond acceptors (Lipinski definition) is 5. The number of aryl methyl sites for hydroxylation is 1. The number of nitrogens with zero attached hydrogens (tertiary/aromatic N) is 3. The van der Waals surface area contributed by atoms with Crippen molar-refractivity contribution in [2.24, 2.45) is 7.05 Å². The van der Waals surface area contributed by atoms with Gasteiger partial charge in [0, 0.05) is 25.0 Å². The lowest BCUT2D eigenvalue weighted by Gasteiger charge is -2.04. The highest BCUT2D eigenvalue weighted by molar-refractivity contribution is 7.10. The first-order valence-corrected chi connectivity index (χ1v) is 5.37. The monoisotopic (exact) mass is 223 g/mol. The van der Waals surface area contributed by atoms with Gasteiger partial charge in [-0.2, -0.15) is 4.37 Å². The van der Waals surface area contributed by atoms with Crippen LogP contribution in [0.3, 0.4) is 0 Å². The SMILES string of the molecule is Cc1c(N)nsc1NCc1nccn1C. The van der Waals surface area contributed by atoms with Crippen molar-refractivity contribution in [2.75, 3.05) is 11.1 Å². The molecule has 0 atom stereocenters. The topological polar surface area (TPSA) is 68.8 Å². The first kappa shape index (κ1) is 9.97. The molecule has 2 rings (SSSR count). The maximum absolute atomic E-state index is 5.66. The second-order valence-corrected chi connectivity index (χ2v) is 4.10. The van der Waals surface area contributed by atoms with Gasteiger partial charge in [-0.25, -0.2) is 4.98 Å². The Morgan fingerprint density at radius 1 is 1.60 bits per heavy atom. The number of nitrogen functional groups attached to an aromatic ring is 1. The summed E-state index contributed by atoms with van der Waals surface area (Å²) < 4.78 is 6.05. The Morgan fingerprint density at radius 3 is 2.93 bits per heavy atom. The molecule has 5 nitrogen and oxygen atoms in total. The smallest absolute Gasteiger partial charge is 0.142 e. The van der Waals surface area contributed by atoms with Gasteiger partial charge in [0.15, 0.2) is 0 Å². The summed E-state index contributed by atoms with van der Waals surface area (Å²) in [6.07, 6.45) is 3.70. The van der Waals surface area contributed by atoms with E-state index >= 15 is 0 Å². The molecule has 2 aromatic heterocycles. The van der Waals surface area contributed by atoms with E-state index in [0.717, 1.165) is 16.4 Å². The number of anilines is 2. The molecule has 0 aliphatic rings. The fraction of sp³-hybridized carbons (Fsp3) is 0.333. The van der Waals surface area contributed by atoms with Crippen LogP contribution in [0.5, 0.6) is 0 Å². The van der Waals surface area contributed by atoms with Gasteiger partial charge in [0.2, 0.25) is 0 Å². The van der Waals surface area contributed by atoms with Crippen LogP contribution in [0.4, 0.5) is 10.8 Å². The zero-order valence-corrected chi connectivity index (χ0v) is 9.51. The van der Waals surface area contributed by atoms with Crippen LogP contribution in [0.25, 0.3) is 0 Å². The van der Waals surface area contributed by atoms with Crippen molar-refractivity contribution >= 4 is 22.4 Å². The van der Waals surface area contributed by atoms with Crippen molar-refractivity contribution in [1.82, 2.24) is 13.9 Å². The van der Waals surface area contributed by atoms with Gasteiger partial charge in [0.25, 0.3) is 0 Å². The number of hydrogen-bond donors (Lipinski definition) is 2. The summed E-state index contributed by atoms with van der Waals surface area (Å²) in [4.78, 5) is 4.22. The minimum atomic E-state index is 0.599. The van der Waals surface area contributed by atoms with Crippen molar-refractivity contribution in [1.29, 1.82) is 0 Å². The highest BCUT2D eigenvalue weighted by atomic mass is 32.1. The predicted molar refractivity (Wildman–Crippen MR) is 61.8 cm³/mol. The molecule has 2 heterocycles. The molecule has 0 amide bonds. The summed E-state index contributed by atoms with van der Waals surface area (Å²) in [5, 5.41) is 4.28. The standard InChI is InChI=1S/C9H13N5S/c1-6-8(10)13-15-9(6)12-5-7-11-3-4-14(7)2/h3-4,12H,5H2,1-2H3,(H2,10,13). The quantitative estimate of drug-likeness (QED) is 0.824. The largest absolute Gasteiger partial charge is 0.383 e. The third-order valence-electron chi connectivity index (χ3n) is 2.29. The van der Waals surface area contributed by atoms with Crippen LogP contribution < -0.4 is 11.1 Å². The van der Waals surface area contributed by atoms with Gasteiger partial charge in [-0.1, -0.05) is 0 Å². The molecule has 0 spiro atoms. The van der Waals surface area contributed by atoms with E-state index in [1.165, 1.54) is 11.5 Å². The summed E-state index contributed by atoms with van der Waals surface area (Å²) in [5.41, 5.74) is 6.67. The Balaban J connectivity index is 2.05. The van der Waals surface area contributed by atoms with E-state index < -0.39 is 0 Å². The molecule has 0 aliphatic carbocycles. The zero-order chi connectivity index (χ0) is 10.8. The third kappa shape index (κ3) is 1.94. The van der Waals surface area contributed by atoms with Gasteiger partial charge in [0.05, 0.1) is 6.54 Å². The van der Waals surface area contributed by atoms with Crippen LogP contribution >= 0.6 is 11.5 Å². The predicted octanol–water partition coefficient (Wildman–Crippen LogP) is 1.38. The van der Waals surface area contributed by atoms with Crippen molar-refractivity contribution in [3.63, 3.8) is 0 Å². The summed E-state index contributed by atoms with van der Waals surface area (Å²) >= 11 is 1.38. The molecule has 0 fully saturated rings. The van der Waals surface area contributed by atoms with Crippen LogP contribution in [0.15, 0.2) is 12.4 Å². The molecule has 0 aliphatic heterocycles. The normalized spacial score (nSPS) is 10.5. The number of nitrogens with two attached hydrogens (primary N) is 1. The van der Waals surface area contributed by atoms with Gasteiger partial charge in [-0.3, -0.25) is 0 Å². The van der Waals surface area contributed by atoms with Crippen LogP contribution in [-0.4, -0.2) is 13.9 Å². The average Bonchev–Trinajstić information content (AvgIpc) is 2.74. The summed E-state index contributed by atoms with van der Waals surface area (Å²) in [6.45, 7) is 2.64. The lowest BCUT2D eigenvalue weighted by molar-refractivity contribution is 0.813. The average molecular weight is 223 g/mol. The van der Waals surface area contributed by atoms with Crippen LogP contribution in [0, 0.1) is 6.92 Å². The van der Waals surface area contributed by atoms with Crippen molar-refractivity contribution in [3.8, 4) is 0 Å². The Labute approximate surface area is 92.1 Å². The van der Waals surface area contributed by atoms with Gasteiger partial charge in [-0.05, 0) is 18.5 Å². The second kappa shape index (κ2) is 3.90. The third-order valence-corrected chi connectivity index (χ3v) is 3.21. The van der Waals surface area contributed by atoms with Crippen molar-refractivity contribution in [3.05, 3.63) is 23.8 Å². The number of imidazole rings is 1. The Morgan fingerprint density at radius 2 is 2.40 bits per heavy atom. The number of aromatic nitrogens is 3. The van der Waals surface area contributed by atoms with Crippen molar-refractivity contribution < 1.29 is 0 Å². The molecule has 0 aromatic carbocycles. The molecule has 80 valence electrons. The minimum Gasteiger partial charge on any atom is -0.383 e. The van der Waals surface area contributed by atoms with Crippen LogP contribution in [0.2, 0.25) is 0 Å². The molecule has 0 bridgehead atoms. The van der Waals surface area contributed by atoms with Gasteiger partial charge in [-0.15, -0.1) is 0 Å². The zero-order valence-electron chi connectivity index (χ0n) is 8.69. The molecule has 3 N–H and O–H groups in total. The second-order valence-electron chi connectivity index (χ2n) is 3.33. The van der Waals surface area contributed by atoms with E-state index in [1.54, 1.807) is 6.20 Å².